The minimum absolute atomic E-state index is 0.0486. The highest BCUT2D eigenvalue weighted by molar-refractivity contribution is 5.74. The fourth-order valence-corrected chi connectivity index (χ4v) is 1.75. The van der Waals surface area contributed by atoms with E-state index in [0.717, 1.165) is 12.2 Å². The fraction of sp³-hybridized carbons (Fsp3) is 0.533. The molecule has 2 atom stereocenters. The molecule has 5 heteroatoms. The Kier molecular flexibility index (Phi) is 7.50. The molecule has 0 saturated heterocycles. The van der Waals surface area contributed by atoms with Gasteiger partial charge in [-0.15, -0.1) is 0 Å². The Labute approximate surface area is 120 Å². The van der Waals surface area contributed by atoms with Crippen LogP contribution in [0, 0.1) is 0 Å². The van der Waals surface area contributed by atoms with Crippen LogP contribution in [-0.4, -0.2) is 36.4 Å². The quantitative estimate of drug-likeness (QED) is 0.681. The molecular formula is C15H24N2O3. The third-order valence-corrected chi connectivity index (χ3v) is 2.80. The van der Waals surface area contributed by atoms with Crippen molar-refractivity contribution in [2.75, 3.05) is 13.2 Å². The number of aliphatic hydroxyl groups is 1. The second-order valence-corrected chi connectivity index (χ2v) is 4.86. The highest BCUT2D eigenvalue weighted by Gasteiger charge is 2.09. The molecule has 0 aliphatic rings. The van der Waals surface area contributed by atoms with Crippen LogP contribution in [-0.2, 0) is 0 Å². The first-order valence-electron chi connectivity index (χ1n) is 6.98. The summed E-state index contributed by atoms with van der Waals surface area (Å²) in [7, 11) is 0. The van der Waals surface area contributed by atoms with Gasteiger partial charge < -0.3 is 20.5 Å². The van der Waals surface area contributed by atoms with Crippen molar-refractivity contribution >= 4 is 6.03 Å². The molecule has 0 aliphatic carbocycles. The van der Waals surface area contributed by atoms with Gasteiger partial charge in [0.25, 0.3) is 0 Å². The number of hydrogen-bond donors (Lipinski definition) is 3. The zero-order valence-electron chi connectivity index (χ0n) is 12.1. The number of ether oxygens (including phenoxy) is 1. The Morgan fingerprint density at radius 2 is 2.00 bits per heavy atom. The van der Waals surface area contributed by atoms with Gasteiger partial charge in [-0.1, -0.05) is 18.2 Å². The summed E-state index contributed by atoms with van der Waals surface area (Å²) in [5.74, 6) is 0.790. The van der Waals surface area contributed by atoms with Crippen LogP contribution in [0.2, 0.25) is 0 Å². The average molecular weight is 280 g/mol. The summed E-state index contributed by atoms with van der Waals surface area (Å²) in [5.41, 5.74) is 0. The van der Waals surface area contributed by atoms with E-state index in [1.54, 1.807) is 0 Å². The maximum absolute atomic E-state index is 11.6. The largest absolute Gasteiger partial charge is 0.489 e. The third-order valence-electron chi connectivity index (χ3n) is 2.80. The number of para-hydroxylation sites is 1. The lowest BCUT2D eigenvalue weighted by atomic mass is 10.2. The van der Waals surface area contributed by atoms with E-state index >= 15 is 0 Å². The maximum Gasteiger partial charge on any atom is 0.315 e. The second kappa shape index (κ2) is 9.20. The van der Waals surface area contributed by atoms with Gasteiger partial charge in [-0.05, 0) is 38.8 Å². The van der Waals surface area contributed by atoms with Crippen LogP contribution in [0.15, 0.2) is 30.3 Å². The number of benzene rings is 1. The van der Waals surface area contributed by atoms with Crippen LogP contribution in [0.1, 0.15) is 26.7 Å². The number of aliphatic hydroxyl groups excluding tert-OH is 1. The van der Waals surface area contributed by atoms with Gasteiger partial charge in [0.05, 0.1) is 6.54 Å². The monoisotopic (exact) mass is 280 g/mol. The smallest absolute Gasteiger partial charge is 0.315 e. The molecule has 0 aromatic heterocycles. The molecule has 3 N–H and O–H groups in total. The Balaban J connectivity index is 2.20. The van der Waals surface area contributed by atoms with Crippen LogP contribution in [0.4, 0.5) is 4.79 Å². The van der Waals surface area contributed by atoms with Gasteiger partial charge in [-0.2, -0.15) is 0 Å². The van der Waals surface area contributed by atoms with E-state index in [9.17, 15) is 4.79 Å². The number of amides is 2. The Hall–Kier alpha value is -1.75. The molecular weight excluding hydrogens is 256 g/mol. The van der Waals surface area contributed by atoms with Gasteiger partial charge in [0, 0.05) is 12.6 Å². The van der Waals surface area contributed by atoms with Crippen molar-refractivity contribution in [3.05, 3.63) is 30.3 Å². The van der Waals surface area contributed by atoms with E-state index in [1.807, 2.05) is 44.2 Å². The minimum atomic E-state index is -0.209. The van der Waals surface area contributed by atoms with Gasteiger partial charge in [0.15, 0.2) is 0 Å². The Morgan fingerprint density at radius 1 is 1.30 bits per heavy atom. The third kappa shape index (κ3) is 6.99. The highest BCUT2D eigenvalue weighted by Crippen LogP contribution is 2.10. The molecule has 0 fully saturated rings. The summed E-state index contributed by atoms with van der Waals surface area (Å²) in [5, 5.41) is 14.3. The van der Waals surface area contributed by atoms with E-state index in [4.69, 9.17) is 9.84 Å². The van der Waals surface area contributed by atoms with Gasteiger partial charge >= 0.3 is 6.03 Å². The van der Waals surface area contributed by atoms with Crippen LogP contribution >= 0.6 is 0 Å². The zero-order valence-corrected chi connectivity index (χ0v) is 12.1. The molecule has 5 nitrogen and oxygen atoms in total. The van der Waals surface area contributed by atoms with E-state index in [2.05, 4.69) is 10.6 Å². The Morgan fingerprint density at radius 3 is 2.65 bits per heavy atom. The summed E-state index contributed by atoms with van der Waals surface area (Å²) in [4.78, 5) is 11.6. The van der Waals surface area contributed by atoms with Crippen LogP contribution in [0.5, 0.6) is 5.75 Å². The van der Waals surface area contributed by atoms with Crippen molar-refractivity contribution in [1.29, 1.82) is 0 Å². The molecule has 112 valence electrons. The number of carbonyl (C=O) groups is 1. The SMILES string of the molecule is CC(CCCO)NC(=O)NCC(C)Oc1ccccc1. The highest BCUT2D eigenvalue weighted by atomic mass is 16.5. The molecule has 0 aliphatic heterocycles. The van der Waals surface area contributed by atoms with E-state index in [1.165, 1.54) is 0 Å². The maximum atomic E-state index is 11.6. The molecule has 2 unspecified atom stereocenters. The molecule has 20 heavy (non-hydrogen) atoms. The van der Waals surface area contributed by atoms with Gasteiger partial charge in [0.2, 0.25) is 0 Å². The van der Waals surface area contributed by atoms with Crippen molar-refractivity contribution in [2.24, 2.45) is 0 Å². The van der Waals surface area contributed by atoms with Gasteiger partial charge in [0.1, 0.15) is 11.9 Å². The predicted octanol–water partition coefficient (Wildman–Crippen LogP) is 1.91. The van der Waals surface area contributed by atoms with Crippen LogP contribution in [0.3, 0.4) is 0 Å². The summed E-state index contributed by atoms with van der Waals surface area (Å²) in [6.07, 6.45) is 1.35. The topological polar surface area (TPSA) is 70.6 Å². The van der Waals surface area contributed by atoms with E-state index in [-0.39, 0.29) is 24.8 Å². The lowest BCUT2D eigenvalue weighted by Crippen LogP contribution is -2.44. The predicted molar refractivity (Wildman–Crippen MR) is 78.8 cm³/mol. The summed E-state index contributed by atoms with van der Waals surface area (Å²) in [6.45, 7) is 4.41. The van der Waals surface area contributed by atoms with Crippen molar-refractivity contribution in [3.8, 4) is 5.75 Å². The lowest BCUT2D eigenvalue weighted by molar-refractivity contribution is 0.205. The number of urea groups is 1. The molecule has 1 aromatic carbocycles. The number of carbonyl (C=O) groups excluding carboxylic acids is 1. The molecule has 1 rings (SSSR count). The van der Waals surface area contributed by atoms with Crippen LogP contribution in [0.25, 0.3) is 0 Å². The number of rotatable bonds is 8. The summed E-state index contributed by atoms with van der Waals surface area (Å²) < 4.78 is 5.66. The minimum Gasteiger partial charge on any atom is -0.489 e. The van der Waals surface area contributed by atoms with Crippen molar-refractivity contribution < 1.29 is 14.6 Å². The van der Waals surface area contributed by atoms with Gasteiger partial charge in [-0.3, -0.25) is 0 Å². The Bertz CT molecular complexity index is 384. The van der Waals surface area contributed by atoms with Gasteiger partial charge in [-0.25, -0.2) is 4.79 Å². The average Bonchev–Trinajstić information content (AvgIpc) is 2.44. The first-order chi connectivity index (χ1) is 9.61. The van der Waals surface area contributed by atoms with E-state index in [0.29, 0.717) is 13.0 Å². The summed E-state index contributed by atoms with van der Waals surface area (Å²) in [6, 6.07) is 9.35. The van der Waals surface area contributed by atoms with Crippen molar-refractivity contribution in [3.63, 3.8) is 0 Å². The molecule has 0 heterocycles. The number of nitrogens with one attached hydrogen (secondary N) is 2. The molecule has 0 saturated carbocycles. The first-order valence-corrected chi connectivity index (χ1v) is 6.98. The molecule has 2 amide bonds. The fourth-order valence-electron chi connectivity index (χ4n) is 1.75. The van der Waals surface area contributed by atoms with Crippen molar-refractivity contribution in [1.82, 2.24) is 10.6 Å². The molecule has 0 radical (unpaired) electrons. The molecule has 0 bridgehead atoms. The molecule has 1 aromatic rings. The standard InChI is InChI=1S/C15H24N2O3/c1-12(7-6-10-18)17-15(19)16-11-13(2)20-14-8-4-3-5-9-14/h3-5,8-9,12-13,18H,6-7,10-11H2,1-2H3,(H2,16,17,19). The lowest BCUT2D eigenvalue weighted by Gasteiger charge is -2.17. The normalized spacial score (nSPS) is 13.3. The second-order valence-electron chi connectivity index (χ2n) is 4.86. The van der Waals surface area contributed by atoms with Crippen LogP contribution < -0.4 is 15.4 Å². The van der Waals surface area contributed by atoms with Crippen molar-refractivity contribution in [2.45, 2.75) is 38.8 Å². The van der Waals surface area contributed by atoms with E-state index < -0.39 is 0 Å². The number of hydrogen-bond acceptors (Lipinski definition) is 3. The zero-order chi connectivity index (χ0) is 14.8. The molecule has 0 spiro atoms. The summed E-state index contributed by atoms with van der Waals surface area (Å²) >= 11 is 0. The first kappa shape index (κ1) is 16.3.